The number of rotatable bonds is 4. The van der Waals surface area contributed by atoms with Crippen LogP contribution < -0.4 is 15.0 Å². The van der Waals surface area contributed by atoms with Crippen LogP contribution in [0.15, 0.2) is 42.5 Å². The third-order valence-electron chi connectivity index (χ3n) is 4.25. The topological polar surface area (TPSA) is 44.8 Å². The Balaban J connectivity index is 1.60. The van der Waals surface area contributed by atoms with E-state index in [1.165, 1.54) is 12.1 Å². The fraction of sp³-hybridized carbons (Fsp3) is 0.316. The molecular formula is C19H21F2N3O2. The second-order valence-electron chi connectivity index (χ2n) is 5.93. The summed E-state index contributed by atoms with van der Waals surface area (Å²) in [4.78, 5) is 16.0. The van der Waals surface area contributed by atoms with Crippen molar-refractivity contribution in [1.29, 1.82) is 0 Å². The fourth-order valence-electron chi connectivity index (χ4n) is 2.93. The first-order valence-corrected chi connectivity index (χ1v) is 8.56. The lowest BCUT2D eigenvalue weighted by molar-refractivity contribution is 0.208. The zero-order valence-corrected chi connectivity index (χ0v) is 14.5. The zero-order chi connectivity index (χ0) is 18.5. The van der Waals surface area contributed by atoms with Crippen molar-refractivity contribution < 1.29 is 18.3 Å². The van der Waals surface area contributed by atoms with Gasteiger partial charge in [-0.1, -0.05) is 12.1 Å². The van der Waals surface area contributed by atoms with Gasteiger partial charge in [-0.25, -0.2) is 13.6 Å². The van der Waals surface area contributed by atoms with Gasteiger partial charge in [-0.05, 0) is 31.2 Å². The van der Waals surface area contributed by atoms with Gasteiger partial charge in [0.25, 0.3) is 0 Å². The number of nitrogens with zero attached hydrogens (tertiary/aromatic N) is 2. The molecule has 26 heavy (non-hydrogen) atoms. The van der Waals surface area contributed by atoms with Crippen LogP contribution in [0.2, 0.25) is 0 Å². The number of para-hydroxylation sites is 2. The summed E-state index contributed by atoms with van der Waals surface area (Å²) in [6, 6.07) is 10.6. The van der Waals surface area contributed by atoms with Crippen LogP contribution in [0.1, 0.15) is 6.92 Å². The number of benzene rings is 2. The summed E-state index contributed by atoms with van der Waals surface area (Å²) in [5.74, 6) is -0.568. The third-order valence-corrected chi connectivity index (χ3v) is 4.25. The lowest BCUT2D eigenvalue weighted by atomic mass is 10.2. The number of nitrogens with one attached hydrogen (secondary N) is 1. The minimum atomic E-state index is -0.600. The Morgan fingerprint density at radius 2 is 1.85 bits per heavy atom. The van der Waals surface area contributed by atoms with E-state index in [-0.39, 0.29) is 6.03 Å². The molecule has 5 nitrogen and oxygen atoms in total. The standard InChI is InChI=1S/C19H21F2N3O2/c1-2-26-18-6-4-3-5-16(18)22-19(25)24-11-9-23(10-12-24)17-8-7-14(20)13-15(17)21/h3-8,13H,2,9-12H2,1H3,(H,22,25). The van der Waals surface area contributed by atoms with Crippen LogP contribution in [0.3, 0.4) is 0 Å². The number of hydrogen-bond acceptors (Lipinski definition) is 3. The molecule has 1 aliphatic heterocycles. The van der Waals surface area contributed by atoms with E-state index in [1.54, 1.807) is 17.0 Å². The van der Waals surface area contributed by atoms with Gasteiger partial charge in [0.2, 0.25) is 0 Å². The molecule has 0 spiro atoms. The Hall–Kier alpha value is -2.83. The number of hydrogen-bond donors (Lipinski definition) is 1. The first-order valence-electron chi connectivity index (χ1n) is 8.56. The molecule has 0 bridgehead atoms. The lowest BCUT2D eigenvalue weighted by Crippen LogP contribution is -2.50. The fourth-order valence-corrected chi connectivity index (χ4v) is 2.93. The van der Waals surface area contributed by atoms with Gasteiger partial charge < -0.3 is 19.9 Å². The monoisotopic (exact) mass is 361 g/mol. The zero-order valence-electron chi connectivity index (χ0n) is 14.5. The molecule has 0 atom stereocenters. The van der Waals surface area contributed by atoms with Crippen molar-refractivity contribution in [3.8, 4) is 5.75 Å². The van der Waals surface area contributed by atoms with Crippen molar-refractivity contribution in [2.45, 2.75) is 6.92 Å². The smallest absolute Gasteiger partial charge is 0.322 e. The van der Waals surface area contributed by atoms with E-state index in [2.05, 4.69) is 5.32 Å². The predicted molar refractivity (Wildman–Crippen MR) is 96.8 cm³/mol. The maximum Gasteiger partial charge on any atom is 0.322 e. The van der Waals surface area contributed by atoms with Crippen molar-refractivity contribution in [3.05, 3.63) is 54.1 Å². The highest BCUT2D eigenvalue weighted by atomic mass is 19.1. The molecule has 1 aliphatic rings. The number of carbonyl (C=O) groups excluding carboxylic acids is 1. The number of anilines is 2. The van der Waals surface area contributed by atoms with Crippen molar-refractivity contribution in [2.24, 2.45) is 0 Å². The molecule has 1 heterocycles. The quantitative estimate of drug-likeness (QED) is 0.903. The molecule has 2 aromatic carbocycles. The molecule has 0 aromatic heterocycles. The Bertz CT molecular complexity index is 777. The summed E-state index contributed by atoms with van der Waals surface area (Å²) in [6.07, 6.45) is 0. The summed E-state index contributed by atoms with van der Waals surface area (Å²) in [7, 11) is 0. The second-order valence-corrected chi connectivity index (χ2v) is 5.93. The highest BCUT2D eigenvalue weighted by molar-refractivity contribution is 5.91. The summed E-state index contributed by atoms with van der Waals surface area (Å²) < 4.78 is 32.5. The summed E-state index contributed by atoms with van der Waals surface area (Å²) in [5, 5.41) is 2.86. The Labute approximate surface area is 151 Å². The average Bonchev–Trinajstić information content (AvgIpc) is 2.64. The van der Waals surface area contributed by atoms with Crippen LogP contribution in [-0.2, 0) is 0 Å². The molecule has 7 heteroatoms. The molecule has 138 valence electrons. The van der Waals surface area contributed by atoms with E-state index in [4.69, 9.17) is 4.74 Å². The van der Waals surface area contributed by atoms with Gasteiger partial charge in [-0.2, -0.15) is 0 Å². The molecule has 1 saturated heterocycles. The van der Waals surface area contributed by atoms with E-state index in [0.717, 1.165) is 6.07 Å². The molecule has 1 N–H and O–H groups in total. The van der Waals surface area contributed by atoms with Gasteiger partial charge in [0.15, 0.2) is 0 Å². The minimum absolute atomic E-state index is 0.226. The van der Waals surface area contributed by atoms with Gasteiger partial charge in [0, 0.05) is 32.2 Å². The van der Waals surface area contributed by atoms with Gasteiger partial charge in [0.05, 0.1) is 18.0 Å². The largest absolute Gasteiger partial charge is 0.492 e. The van der Waals surface area contributed by atoms with E-state index < -0.39 is 11.6 Å². The van der Waals surface area contributed by atoms with E-state index in [9.17, 15) is 13.6 Å². The van der Waals surface area contributed by atoms with E-state index in [1.807, 2.05) is 24.0 Å². The SMILES string of the molecule is CCOc1ccccc1NC(=O)N1CCN(c2ccc(F)cc2F)CC1. The first-order chi connectivity index (χ1) is 12.6. The Morgan fingerprint density at radius 3 is 2.54 bits per heavy atom. The molecular weight excluding hydrogens is 340 g/mol. The van der Waals surface area contributed by atoms with Crippen LogP contribution >= 0.6 is 0 Å². The normalized spacial score (nSPS) is 14.3. The maximum absolute atomic E-state index is 13.9. The highest BCUT2D eigenvalue weighted by Gasteiger charge is 2.23. The van der Waals surface area contributed by atoms with Crippen molar-refractivity contribution in [3.63, 3.8) is 0 Å². The summed E-state index contributed by atoms with van der Waals surface area (Å²) >= 11 is 0. The van der Waals surface area contributed by atoms with Gasteiger partial charge in [0.1, 0.15) is 17.4 Å². The van der Waals surface area contributed by atoms with Gasteiger partial charge in [-0.15, -0.1) is 0 Å². The number of ether oxygens (including phenoxy) is 1. The Kier molecular flexibility index (Phi) is 5.55. The van der Waals surface area contributed by atoms with Crippen LogP contribution in [0.5, 0.6) is 5.75 Å². The minimum Gasteiger partial charge on any atom is -0.492 e. The molecule has 2 aromatic rings. The predicted octanol–water partition coefficient (Wildman–Crippen LogP) is 3.72. The number of carbonyl (C=O) groups is 1. The summed E-state index contributed by atoms with van der Waals surface area (Å²) in [6.45, 7) is 4.23. The average molecular weight is 361 g/mol. The summed E-state index contributed by atoms with van der Waals surface area (Å²) in [5.41, 5.74) is 0.972. The number of urea groups is 1. The highest BCUT2D eigenvalue weighted by Crippen LogP contribution is 2.25. The van der Waals surface area contributed by atoms with Crippen molar-refractivity contribution in [2.75, 3.05) is 43.0 Å². The molecule has 1 fully saturated rings. The number of piperazine rings is 1. The van der Waals surface area contributed by atoms with Crippen LogP contribution in [0, 0.1) is 11.6 Å². The molecule has 0 aliphatic carbocycles. The molecule has 2 amide bonds. The second kappa shape index (κ2) is 8.03. The van der Waals surface area contributed by atoms with E-state index >= 15 is 0 Å². The third kappa shape index (κ3) is 4.04. The van der Waals surface area contributed by atoms with Crippen LogP contribution in [0.4, 0.5) is 25.0 Å². The van der Waals surface area contributed by atoms with Crippen molar-refractivity contribution >= 4 is 17.4 Å². The maximum atomic E-state index is 13.9. The molecule has 3 rings (SSSR count). The van der Waals surface area contributed by atoms with Gasteiger partial charge >= 0.3 is 6.03 Å². The van der Waals surface area contributed by atoms with E-state index in [0.29, 0.717) is 49.9 Å². The van der Waals surface area contributed by atoms with Crippen LogP contribution in [-0.4, -0.2) is 43.7 Å². The first kappa shape index (κ1) is 18.0. The molecule has 0 saturated carbocycles. The van der Waals surface area contributed by atoms with Gasteiger partial charge in [-0.3, -0.25) is 0 Å². The molecule has 0 radical (unpaired) electrons. The lowest BCUT2D eigenvalue weighted by Gasteiger charge is -2.36. The van der Waals surface area contributed by atoms with Crippen LogP contribution in [0.25, 0.3) is 0 Å². The van der Waals surface area contributed by atoms with Crippen molar-refractivity contribution in [1.82, 2.24) is 4.90 Å². The number of amides is 2. The number of halogens is 2. The Morgan fingerprint density at radius 1 is 1.12 bits per heavy atom. The molecule has 0 unspecified atom stereocenters.